The van der Waals surface area contributed by atoms with Crippen LogP contribution in [0.1, 0.15) is 54.8 Å². The van der Waals surface area contributed by atoms with Gasteiger partial charge in [-0.1, -0.05) is 19.0 Å². The Morgan fingerprint density at radius 1 is 1.00 bits per heavy atom. The molecule has 1 aromatic carbocycles. The van der Waals surface area contributed by atoms with E-state index in [4.69, 9.17) is 9.63 Å². The smallest absolute Gasteiger partial charge is 0.305 e. The maximum atomic E-state index is 12.1. The average molecular weight is 451 g/mol. The van der Waals surface area contributed by atoms with Gasteiger partial charge in [0.2, 0.25) is 11.7 Å². The molecule has 0 bridgehead atoms. The number of pyridine rings is 1. The molecule has 0 fully saturated rings. The van der Waals surface area contributed by atoms with E-state index in [0.29, 0.717) is 24.6 Å². The third-order valence-electron chi connectivity index (χ3n) is 5.51. The van der Waals surface area contributed by atoms with Crippen molar-refractivity contribution < 1.29 is 19.2 Å². The van der Waals surface area contributed by atoms with Gasteiger partial charge in [-0.15, -0.1) is 0 Å². The van der Waals surface area contributed by atoms with Crippen LogP contribution in [0, 0.1) is 13.8 Å². The second-order valence-corrected chi connectivity index (χ2v) is 8.04. The fraction of sp³-hybridized carbons (Fsp3) is 0.400. The highest BCUT2D eigenvalue weighted by molar-refractivity contribution is 5.77. The Labute approximate surface area is 193 Å². The van der Waals surface area contributed by atoms with E-state index >= 15 is 0 Å². The molecule has 33 heavy (non-hydrogen) atoms. The Bertz CT molecular complexity index is 1150. The number of hydrogen-bond acceptors (Lipinski definition) is 6. The first kappa shape index (κ1) is 24.1. The largest absolute Gasteiger partial charge is 0.481 e. The number of amides is 1. The second kappa shape index (κ2) is 10.8. The van der Waals surface area contributed by atoms with Crippen molar-refractivity contribution in [3.63, 3.8) is 0 Å². The van der Waals surface area contributed by atoms with Crippen LogP contribution in [0.5, 0.6) is 0 Å². The van der Waals surface area contributed by atoms with Crippen molar-refractivity contribution in [3.05, 3.63) is 52.3 Å². The monoisotopic (exact) mass is 450 g/mol. The lowest BCUT2D eigenvalue weighted by molar-refractivity contribution is -0.136. The van der Waals surface area contributed by atoms with Crippen LogP contribution in [-0.2, 0) is 28.9 Å². The number of aromatic nitrogens is 3. The highest BCUT2D eigenvalue weighted by Gasteiger charge is 2.16. The van der Waals surface area contributed by atoms with Gasteiger partial charge < -0.3 is 14.9 Å². The molecule has 0 aliphatic heterocycles. The van der Waals surface area contributed by atoms with Gasteiger partial charge in [-0.05, 0) is 74.1 Å². The van der Waals surface area contributed by atoms with E-state index in [-0.39, 0.29) is 18.9 Å². The number of rotatable bonds is 10. The summed E-state index contributed by atoms with van der Waals surface area (Å²) >= 11 is 0. The van der Waals surface area contributed by atoms with Crippen LogP contribution >= 0.6 is 0 Å². The zero-order valence-electron chi connectivity index (χ0n) is 19.6. The molecule has 2 aromatic heterocycles. The van der Waals surface area contributed by atoms with Crippen LogP contribution in [0.3, 0.4) is 0 Å². The molecule has 0 saturated carbocycles. The summed E-state index contributed by atoms with van der Waals surface area (Å²) in [5, 5.41) is 15.5. The van der Waals surface area contributed by atoms with Crippen molar-refractivity contribution in [2.75, 3.05) is 6.54 Å². The lowest BCUT2D eigenvalue weighted by atomic mass is 9.93. The molecule has 1 amide bonds. The van der Waals surface area contributed by atoms with E-state index in [1.165, 1.54) is 0 Å². The van der Waals surface area contributed by atoms with Gasteiger partial charge in [-0.25, -0.2) is 0 Å². The topological polar surface area (TPSA) is 118 Å². The minimum absolute atomic E-state index is 0.0782. The minimum Gasteiger partial charge on any atom is -0.481 e. The zero-order chi connectivity index (χ0) is 24.0. The summed E-state index contributed by atoms with van der Waals surface area (Å²) in [6.07, 6.45) is 2.44. The van der Waals surface area contributed by atoms with Gasteiger partial charge >= 0.3 is 5.97 Å². The summed E-state index contributed by atoms with van der Waals surface area (Å²) in [4.78, 5) is 31.8. The Kier molecular flexibility index (Phi) is 7.92. The third kappa shape index (κ3) is 6.25. The van der Waals surface area contributed by atoms with Crippen molar-refractivity contribution in [1.82, 2.24) is 20.4 Å². The molecule has 0 unspecified atom stereocenters. The molecule has 2 N–H and O–H groups in total. The Morgan fingerprint density at radius 2 is 1.79 bits per heavy atom. The summed E-state index contributed by atoms with van der Waals surface area (Å²) in [7, 11) is 0. The highest BCUT2D eigenvalue weighted by atomic mass is 16.5. The molecule has 0 atom stereocenters. The van der Waals surface area contributed by atoms with E-state index < -0.39 is 5.97 Å². The number of aryl methyl sites for hydroxylation is 4. The summed E-state index contributed by atoms with van der Waals surface area (Å²) < 4.78 is 5.55. The Morgan fingerprint density at radius 3 is 2.48 bits per heavy atom. The number of aliphatic carboxylic acids is 1. The first-order valence-corrected chi connectivity index (χ1v) is 11.2. The second-order valence-electron chi connectivity index (χ2n) is 8.04. The molecule has 0 spiro atoms. The van der Waals surface area contributed by atoms with Gasteiger partial charge in [0.15, 0.2) is 0 Å². The summed E-state index contributed by atoms with van der Waals surface area (Å²) in [5.74, 6) is -0.0931. The first-order chi connectivity index (χ1) is 15.8. The first-order valence-electron chi connectivity index (χ1n) is 11.2. The van der Waals surface area contributed by atoms with Crippen LogP contribution in [0.2, 0.25) is 0 Å². The molecule has 0 aliphatic carbocycles. The standard InChI is InChI=1S/C25H30N4O4/c1-5-17-13-18(11-15(3)21(17)7-8-22(30)26-10-9-23(31)32)24-28-25(33-29-24)19-12-16(4)27-20(6-2)14-19/h11-14H,5-10H2,1-4H3,(H,26,30)(H,31,32). The minimum atomic E-state index is -0.926. The molecule has 174 valence electrons. The highest BCUT2D eigenvalue weighted by Crippen LogP contribution is 2.28. The number of hydrogen-bond donors (Lipinski definition) is 2. The molecule has 3 rings (SSSR count). The molecular weight excluding hydrogens is 420 g/mol. The van der Waals surface area contributed by atoms with Gasteiger partial charge in [0, 0.05) is 35.5 Å². The number of carbonyl (C=O) groups excluding carboxylic acids is 1. The fourth-order valence-corrected chi connectivity index (χ4v) is 3.83. The molecule has 0 radical (unpaired) electrons. The van der Waals surface area contributed by atoms with E-state index in [0.717, 1.165) is 52.0 Å². The number of carboxylic acid groups (broad SMARTS) is 1. The van der Waals surface area contributed by atoms with Crippen LogP contribution in [0.15, 0.2) is 28.8 Å². The average Bonchev–Trinajstić information content (AvgIpc) is 3.27. The number of carbonyl (C=O) groups is 2. The van der Waals surface area contributed by atoms with Crippen molar-refractivity contribution >= 4 is 11.9 Å². The normalized spacial score (nSPS) is 10.9. The predicted molar refractivity (Wildman–Crippen MR) is 125 cm³/mol. The predicted octanol–water partition coefficient (Wildman–Crippen LogP) is 4.06. The summed E-state index contributed by atoms with van der Waals surface area (Å²) in [6.45, 7) is 8.23. The molecule has 2 heterocycles. The lowest BCUT2D eigenvalue weighted by Gasteiger charge is -2.13. The lowest BCUT2D eigenvalue weighted by Crippen LogP contribution is -2.26. The van der Waals surface area contributed by atoms with Gasteiger partial charge in [0.25, 0.3) is 5.89 Å². The van der Waals surface area contributed by atoms with E-state index in [1.807, 2.05) is 32.0 Å². The van der Waals surface area contributed by atoms with Crippen LogP contribution in [0.4, 0.5) is 0 Å². The van der Waals surface area contributed by atoms with Crippen molar-refractivity contribution in [2.24, 2.45) is 0 Å². The van der Waals surface area contributed by atoms with E-state index in [2.05, 4.69) is 40.4 Å². The van der Waals surface area contributed by atoms with E-state index in [1.54, 1.807) is 0 Å². The molecule has 8 heteroatoms. The number of nitrogens with one attached hydrogen (secondary N) is 1. The molecular formula is C25H30N4O4. The van der Waals surface area contributed by atoms with E-state index in [9.17, 15) is 9.59 Å². The molecule has 8 nitrogen and oxygen atoms in total. The maximum Gasteiger partial charge on any atom is 0.305 e. The SMILES string of the molecule is CCc1cc(-c2nc(-c3cc(C)c(CCC(=O)NCCC(=O)O)c(CC)c3)no2)cc(C)n1. The third-order valence-corrected chi connectivity index (χ3v) is 5.51. The van der Waals surface area contributed by atoms with Crippen molar-refractivity contribution in [2.45, 2.75) is 59.8 Å². The summed E-state index contributed by atoms with van der Waals surface area (Å²) in [6, 6.07) is 7.97. The van der Waals surface area contributed by atoms with Crippen molar-refractivity contribution in [1.29, 1.82) is 0 Å². The van der Waals surface area contributed by atoms with Gasteiger partial charge in [0.1, 0.15) is 0 Å². The van der Waals surface area contributed by atoms with Gasteiger partial charge in [-0.3, -0.25) is 14.6 Å². The van der Waals surface area contributed by atoms with Crippen LogP contribution < -0.4 is 5.32 Å². The van der Waals surface area contributed by atoms with Gasteiger partial charge in [0.05, 0.1) is 6.42 Å². The maximum absolute atomic E-state index is 12.1. The Hall–Kier alpha value is -3.55. The number of nitrogens with zero attached hydrogens (tertiary/aromatic N) is 3. The zero-order valence-corrected chi connectivity index (χ0v) is 19.6. The number of benzene rings is 1. The van der Waals surface area contributed by atoms with Crippen molar-refractivity contribution in [3.8, 4) is 22.8 Å². The molecule has 0 aliphatic rings. The molecule has 3 aromatic rings. The van der Waals surface area contributed by atoms with Crippen LogP contribution in [0.25, 0.3) is 22.8 Å². The number of carboxylic acids is 1. The molecule has 0 saturated heterocycles. The fourth-order valence-electron chi connectivity index (χ4n) is 3.83. The van der Waals surface area contributed by atoms with Crippen LogP contribution in [-0.4, -0.2) is 38.7 Å². The summed E-state index contributed by atoms with van der Waals surface area (Å²) in [5.41, 5.74) is 6.92. The quantitative estimate of drug-likeness (QED) is 0.478. The Balaban J connectivity index is 1.78. The van der Waals surface area contributed by atoms with Gasteiger partial charge in [-0.2, -0.15) is 4.98 Å².